The van der Waals surface area contributed by atoms with Crippen molar-refractivity contribution in [2.45, 2.75) is 32.2 Å². The van der Waals surface area contributed by atoms with E-state index < -0.39 is 17.8 Å². The monoisotopic (exact) mass is 354 g/mol. The second-order valence-corrected chi connectivity index (χ2v) is 7.86. The van der Waals surface area contributed by atoms with Crippen LogP contribution in [0.25, 0.3) is 0 Å². The van der Waals surface area contributed by atoms with Crippen molar-refractivity contribution in [3.05, 3.63) is 42.0 Å². The average Bonchev–Trinajstić information content (AvgIpc) is 3.25. The van der Waals surface area contributed by atoms with E-state index in [1.165, 1.54) is 24.8 Å². The zero-order valence-electron chi connectivity index (χ0n) is 14.9. The molecule has 1 saturated carbocycles. The maximum absolute atomic E-state index is 12.7. The minimum absolute atomic E-state index is 0.000156. The first-order valence-corrected chi connectivity index (χ1v) is 9.65. The molecule has 0 spiro atoms. The normalized spacial score (nSPS) is 30.5. The molecule has 1 aromatic rings. The van der Waals surface area contributed by atoms with Gasteiger partial charge < -0.3 is 10.4 Å². The molecule has 0 radical (unpaired) electrons. The average molecular weight is 354 g/mol. The van der Waals surface area contributed by atoms with Gasteiger partial charge >= 0.3 is 5.97 Å². The summed E-state index contributed by atoms with van der Waals surface area (Å²) in [5, 5.41) is 12.4. The Morgan fingerprint density at radius 1 is 1.00 bits per heavy atom. The van der Waals surface area contributed by atoms with Crippen molar-refractivity contribution < 1.29 is 14.7 Å². The number of nitrogens with one attached hydrogen (secondary N) is 1. The first-order chi connectivity index (χ1) is 12.6. The number of carbonyl (C=O) groups excluding carboxylic acids is 1. The van der Waals surface area contributed by atoms with Crippen LogP contribution in [0, 0.1) is 23.7 Å². The Morgan fingerprint density at radius 3 is 2.31 bits per heavy atom. The van der Waals surface area contributed by atoms with Gasteiger partial charge in [-0.2, -0.15) is 0 Å². The van der Waals surface area contributed by atoms with Crippen molar-refractivity contribution in [2.75, 3.05) is 18.4 Å². The molecule has 3 aliphatic rings. The van der Waals surface area contributed by atoms with E-state index in [0.717, 1.165) is 31.7 Å². The topological polar surface area (TPSA) is 69.6 Å². The van der Waals surface area contributed by atoms with Crippen molar-refractivity contribution in [1.29, 1.82) is 0 Å². The van der Waals surface area contributed by atoms with Gasteiger partial charge in [0.1, 0.15) is 0 Å². The van der Waals surface area contributed by atoms with Crippen LogP contribution in [0.2, 0.25) is 0 Å². The van der Waals surface area contributed by atoms with Gasteiger partial charge in [0.15, 0.2) is 0 Å². The van der Waals surface area contributed by atoms with Gasteiger partial charge in [-0.05, 0) is 61.9 Å². The molecule has 2 aliphatic carbocycles. The fraction of sp³-hybridized carbons (Fsp3) is 0.524. The van der Waals surface area contributed by atoms with Crippen molar-refractivity contribution in [1.82, 2.24) is 4.90 Å². The van der Waals surface area contributed by atoms with E-state index in [1.54, 1.807) is 0 Å². The highest BCUT2D eigenvalue weighted by Crippen LogP contribution is 2.48. The lowest BCUT2D eigenvalue weighted by Crippen LogP contribution is -2.36. The van der Waals surface area contributed by atoms with Gasteiger partial charge in [-0.3, -0.25) is 14.5 Å². The van der Waals surface area contributed by atoms with Gasteiger partial charge in [0.2, 0.25) is 5.91 Å². The highest BCUT2D eigenvalue weighted by Gasteiger charge is 2.51. The summed E-state index contributed by atoms with van der Waals surface area (Å²) in [5.41, 5.74) is 1.99. The largest absolute Gasteiger partial charge is 0.481 e. The molecule has 2 bridgehead atoms. The van der Waals surface area contributed by atoms with E-state index >= 15 is 0 Å². The molecule has 0 unspecified atom stereocenters. The third-order valence-corrected chi connectivity index (χ3v) is 6.12. The van der Waals surface area contributed by atoms with E-state index in [1.807, 2.05) is 24.3 Å². The van der Waals surface area contributed by atoms with Crippen LogP contribution in [0.5, 0.6) is 0 Å². The van der Waals surface area contributed by atoms with Crippen LogP contribution < -0.4 is 5.32 Å². The molecule has 1 amide bonds. The highest BCUT2D eigenvalue weighted by atomic mass is 16.4. The molecule has 1 aromatic carbocycles. The van der Waals surface area contributed by atoms with E-state index in [2.05, 4.69) is 22.3 Å². The van der Waals surface area contributed by atoms with Crippen molar-refractivity contribution in [2.24, 2.45) is 23.7 Å². The second kappa shape index (κ2) is 7.23. The number of nitrogens with zero attached hydrogens (tertiary/aromatic N) is 1. The molecule has 2 N–H and O–H groups in total. The molecule has 5 nitrogen and oxygen atoms in total. The van der Waals surface area contributed by atoms with E-state index in [0.29, 0.717) is 0 Å². The summed E-state index contributed by atoms with van der Waals surface area (Å²) in [4.78, 5) is 26.7. The summed E-state index contributed by atoms with van der Waals surface area (Å²) in [5.74, 6) is -2.03. The standard InChI is InChI=1S/C21H26N2O3/c24-20(18-15-6-7-16(12-15)19(18)21(25)26)22-17-8-4-14(5-9-17)13-23-10-2-1-3-11-23/h4-9,15-16,18-19H,1-3,10-13H2,(H,22,24)(H,25,26)/t15-,16-,18+,19-/m0/s1. The lowest BCUT2D eigenvalue weighted by atomic mass is 9.82. The molecular weight excluding hydrogens is 328 g/mol. The predicted molar refractivity (Wildman–Crippen MR) is 99.6 cm³/mol. The van der Waals surface area contributed by atoms with Gasteiger partial charge in [0.05, 0.1) is 11.8 Å². The number of allylic oxidation sites excluding steroid dienone is 2. The number of carboxylic acids is 1. The number of fused-ring (bicyclic) bond motifs is 2. The third-order valence-electron chi connectivity index (χ3n) is 6.12. The first kappa shape index (κ1) is 17.3. The number of benzene rings is 1. The fourth-order valence-electron chi connectivity index (χ4n) is 4.81. The van der Waals surface area contributed by atoms with Crippen molar-refractivity contribution >= 4 is 17.6 Å². The smallest absolute Gasteiger partial charge is 0.307 e. The molecule has 1 heterocycles. The van der Waals surface area contributed by atoms with E-state index in [4.69, 9.17) is 0 Å². The predicted octanol–water partition coefficient (Wildman–Crippen LogP) is 3.13. The van der Waals surface area contributed by atoms with Gasteiger partial charge in [0.25, 0.3) is 0 Å². The molecule has 1 aliphatic heterocycles. The van der Waals surface area contributed by atoms with Crippen LogP contribution in [0.4, 0.5) is 5.69 Å². The molecule has 5 heteroatoms. The molecule has 4 rings (SSSR count). The molecule has 26 heavy (non-hydrogen) atoms. The Hall–Kier alpha value is -2.14. The van der Waals surface area contributed by atoms with E-state index in [9.17, 15) is 14.7 Å². The molecule has 0 aromatic heterocycles. The van der Waals surface area contributed by atoms with Gasteiger partial charge in [-0.15, -0.1) is 0 Å². The quantitative estimate of drug-likeness (QED) is 0.797. The number of likely N-dealkylation sites (tertiary alicyclic amines) is 1. The molecule has 4 atom stereocenters. The zero-order valence-corrected chi connectivity index (χ0v) is 14.9. The van der Waals surface area contributed by atoms with Crippen LogP contribution in [-0.4, -0.2) is 35.0 Å². The van der Waals surface area contributed by atoms with Gasteiger partial charge in [0, 0.05) is 12.2 Å². The van der Waals surface area contributed by atoms with Crippen LogP contribution >= 0.6 is 0 Å². The number of hydrogen-bond acceptors (Lipinski definition) is 3. The Balaban J connectivity index is 1.38. The Kier molecular flexibility index (Phi) is 4.81. The molecule has 2 fully saturated rings. The lowest BCUT2D eigenvalue weighted by Gasteiger charge is -2.26. The van der Waals surface area contributed by atoms with Crippen molar-refractivity contribution in [3.63, 3.8) is 0 Å². The highest BCUT2D eigenvalue weighted by molar-refractivity contribution is 5.96. The minimum Gasteiger partial charge on any atom is -0.481 e. The maximum atomic E-state index is 12.7. The summed E-state index contributed by atoms with van der Waals surface area (Å²) in [7, 11) is 0. The SMILES string of the molecule is O=C(O)[C@@H]1[C@H](C(=O)Nc2ccc(CN3CCCCC3)cc2)[C@H]2C=C[C@H]1C2. The number of rotatable bonds is 5. The lowest BCUT2D eigenvalue weighted by molar-refractivity contribution is -0.146. The van der Waals surface area contributed by atoms with Crippen LogP contribution in [0.3, 0.4) is 0 Å². The molecule has 138 valence electrons. The van der Waals surface area contributed by atoms with Crippen LogP contribution in [0.15, 0.2) is 36.4 Å². The Bertz CT molecular complexity index is 706. The van der Waals surface area contributed by atoms with Crippen LogP contribution in [0.1, 0.15) is 31.2 Å². The summed E-state index contributed by atoms with van der Waals surface area (Å²) < 4.78 is 0. The second-order valence-electron chi connectivity index (χ2n) is 7.86. The number of hydrogen-bond donors (Lipinski definition) is 2. The zero-order chi connectivity index (χ0) is 18.1. The minimum atomic E-state index is -0.862. The Morgan fingerprint density at radius 2 is 1.65 bits per heavy atom. The maximum Gasteiger partial charge on any atom is 0.307 e. The number of aliphatic carboxylic acids is 1. The number of anilines is 1. The number of carboxylic acid groups (broad SMARTS) is 1. The Labute approximate surface area is 154 Å². The third kappa shape index (κ3) is 3.40. The van der Waals surface area contributed by atoms with Gasteiger partial charge in [-0.1, -0.05) is 30.7 Å². The number of carbonyl (C=O) groups is 2. The molecular formula is C21H26N2O3. The first-order valence-electron chi connectivity index (χ1n) is 9.65. The summed E-state index contributed by atoms with van der Waals surface area (Å²) in [6, 6.07) is 7.96. The number of piperidine rings is 1. The molecule has 1 saturated heterocycles. The summed E-state index contributed by atoms with van der Waals surface area (Å²) in [6.07, 6.45) is 8.63. The summed E-state index contributed by atoms with van der Waals surface area (Å²) in [6.45, 7) is 3.27. The fourth-order valence-corrected chi connectivity index (χ4v) is 4.81. The number of amides is 1. The summed E-state index contributed by atoms with van der Waals surface area (Å²) >= 11 is 0. The van der Waals surface area contributed by atoms with Gasteiger partial charge in [-0.25, -0.2) is 0 Å². The van der Waals surface area contributed by atoms with E-state index in [-0.39, 0.29) is 17.7 Å². The van der Waals surface area contributed by atoms with Crippen LogP contribution in [-0.2, 0) is 16.1 Å². The van der Waals surface area contributed by atoms with Crippen molar-refractivity contribution in [3.8, 4) is 0 Å².